The average Bonchev–Trinajstić information content (AvgIpc) is 3.03. The number of para-hydroxylation sites is 1. The summed E-state index contributed by atoms with van der Waals surface area (Å²) >= 11 is 8.53. The molecule has 5 rings (SSSR count). The van der Waals surface area contributed by atoms with E-state index in [4.69, 9.17) is 15.2 Å². The lowest BCUT2D eigenvalue weighted by Crippen LogP contribution is -2.12. The van der Waals surface area contributed by atoms with E-state index in [1.165, 1.54) is 12.1 Å². The molecule has 0 aliphatic rings. The second-order valence-electron chi connectivity index (χ2n) is 9.24. The van der Waals surface area contributed by atoms with Gasteiger partial charge in [0.1, 0.15) is 5.69 Å². The van der Waals surface area contributed by atoms with E-state index in [0.29, 0.717) is 11.1 Å². The smallest absolute Gasteiger partial charge is 0.343 e. The zero-order chi connectivity index (χ0) is 30.2. The van der Waals surface area contributed by atoms with Gasteiger partial charge in [0, 0.05) is 22.2 Å². The van der Waals surface area contributed by atoms with E-state index < -0.39 is 11.9 Å². The Kier molecular flexibility index (Phi) is 9.36. The van der Waals surface area contributed by atoms with Crippen molar-refractivity contribution in [3.05, 3.63) is 138 Å². The zero-order valence-electron chi connectivity index (χ0n) is 22.6. The Morgan fingerprint density at radius 2 is 0.930 bits per heavy atom. The quantitative estimate of drug-likeness (QED) is 0.0552. The van der Waals surface area contributed by atoms with Gasteiger partial charge in [0.25, 0.3) is 0 Å². The number of ether oxygens (including phenoxy) is 2. The summed E-state index contributed by atoms with van der Waals surface area (Å²) in [6.45, 7) is 0. The van der Waals surface area contributed by atoms with Crippen molar-refractivity contribution < 1.29 is 19.1 Å². The number of nitrogens with zero attached hydrogens (tertiary/aromatic N) is 2. The molecule has 0 amide bonds. The Bertz CT molecular complexity index is 1670. The highest BCUT2D eigenvalue weighted by Gasteiger charge is 2.16. The van der Waals surface area contributed by atoms with Gasteiger partial charge in [-0.15, -0.1) is 25.3 Å². The molecule has 0 bridgehead atoms. The lowest BCUT2D eigenvalue weighted by atomic mass is 10.1. The van der Waals surface area contributed by atoms with Crippen LogP contribution in [-0.4, -0.2) is 24.4 Å². The summed E-state index contributed by atoms with van der Waals surface area (Å²) in [5.41, 5.74) is 10.1. The van der Waals surface area contributed by atoms with Crippen LogP contribution in [0.3, 0.4) is 0 Å². The van der Waals surface area contributed by atoms with Gasteiger partial charge < -0.3 is 15.2 Å². The van der Waals surface area contributed by atoms with Gasteiger partial charge in [0.05, 0.1) is 22.5 Å². The highest BCUT2D eigenvalue weighted by molar-refractivity contribution is 7.80. The van der Waals surface area contributed by atoms with Crippen LogP contribution in [-0.2, 0) is 0 Å². The maximum atomic E-state index is 12.8. The van der Waals surface area contributed by atoms with Crippen LogP contribution in [0, 0.1) is 0 Å². The number of hydrogen-bond donors (Lipinski definition) is 3. The van der Waals surface area contributed by atoms with Gasteiger partial charge in [-0.2, -0.15) is 0 Å². The third-order valence-corrected chi connectivity index (χ3v) is 6.75. The fraction of sp³-hybridized carbons (Fsp3) is 0. The van der Waals surface area contributed by atoms with Crippen molar-refractivity contribution in [2.24, 2.45) is 9.98 Å². The van der Waals surface area contributed by atoms with Crippen LogP contribution in [0.25, 0.3) is 0 Å². The monoisotopic (exact) mass is 603 g/mol. The Hall–Kier alpha value is -5.12. The molecule has 9 heteroatoms. The Balaban J connectivity index is 1.20. The molecule has 2 N–H and O–H groups in total. The number of hydrogen-bond acceptors (Lipinski definition) is 9. The SMILES string of the molecule is Nc1c(OC(=O)c2ccc(C=Nc3ccc(S)cc3)cc2)cccc1OC(=O)c1ccc(C=Nc2ccc(S)cc2)cc1. The number of nitrogen functional groups attached to an aromatic ring is 1. The molecule has 7 nitrogen and oxygen atoms in total. The molecular formula is C34H25N3O4S2. The molecule has 0 radical (unpaired) electrons. The van der Waals surface area contributed by atoms with Gasteiger partial charge in [0.15, 0.2) is 11.5 Å². The third-order valence-electron chi connectivity index (χ3n) is 6.15. The van der Waals surface area contributed by atoms with Crippen LogP contribution in [0.15, 0.2) is 135 Å². The third kappa shape index (κ3) is 8.00. The summed E-state index contributed by atoms with van der Waals surface area (Å²) in [4.78, 5) is 36.1. The van der Waals surface area contributed by atoms with Crippen molar-refractivity contribution in [3.63, 3.8) is 0 Å². The Labute approximate surface area is 259 Å². The van der Waals surface area contributed by atoms with E-state index in [9.17, 15) is 9.59 Å². The van der Waals surface area contributed by atoms with Gasteiger partial charge in [-0.25, -0.2) is 9.59 Å². The molecule has 0 atom stereocenters. The normalized spacial score (nSPS) is 11.1. The first-order valence-corrected chi connectivity index (χ1v) is 13.9. The molecule has 0 unspecified atom stereocenters. The van der Waals surface area contributed by atoms with Crippen molar-refractivity contribution in [2.45, 2.75) is 9.79 Å². The lowest BCUT2D eigenvalue weighted by molar-refractivity contribution is 0.0735. The van der Waals surface area contributed by atoms with E-state index in [1.54, 1.807) is 67.0 Å². The number of benzene rings is 5. The minimum absolute atomic E-state index is 0.0242. The maximum Gasteiger partial charge on any atom is 0.343 e. The molecule has 5 aromatic rings. The second kappa shape index (κ2) is 13.7. The Morgan fingerprint density at radius 3 is 1.30 bits per heavy atom. The van der Waals surface area contributed by atoms with Crippen LogP contribution < -0.4 is 15.2 Å². The number of nitrogens with two attached hydrogens (primary N) is 1. The summed E-state index contributed by atoms with van der Waals surface area (Å²) in [6, 6.07) is 33.1. The predicted molar refractivity (Wildman–Crippen MR) is 176 cm³/mol. The molecular weight excluding hydrogens is 579 g/mol. The van der Waals surface area contributed by atoms with Crippen LogP contribution in [0.5, 0.6) is 11.5 Å². The molecule has 0 spiro atoms. The van der Waals surface area contributed by atoms with Crippen LogP contribution >= 0.6 is 25.3 Å². The van der Waals surface area contributed by atoms with Crippen molar-refractivity contribution in [3.8, 4) is 11.5 Å². The summed E-state index contributed by atoms with van der Waals surface area (Å²) in [5, 5.41) is 0. The van der Waals surface area contributed by atoms with Crippen molar-refractivity contribution in [2.75, 3.05) is 5.73 Å². The second-order valence-corrected chi connectivity index (χ2v) is 10.3. The molecule has 0 fully saturated rings. The lowest BCUT2D eigenvalue weighted by Gasteiger charge is -2.12. The standard InChI is InChI=1S/C34H25N3O4S2/c35-32-30(40-33(38)24-8-4-22(5-9-24)20-36-26-12-16-28(42)17-13-26)2-1-3-31(32)41-34(39)25-10-6-23(7-11-25)21-37-27-14-18-29(43)19-15-27/h1-21,42-43H,35H2. The van der Waals surface area contributed by atoms with Crippen molar-refractivity contribution >= 4 is 66.7 Å². The van der Waals surface area contributed by atoms with Crippen molar-refractivity contribution in [1.29, 1.82) is 0 Å². The molecule has 43 heavy (non-hydrogen) atoms. The first-order chi connectivity index (χ1) is 20.8. The molecule has 0 aliphatic heterocycles. The number of carbonyl (C=O) groups excluding carboxylic acids is 2. The van der Waals surface area contributed by atoms with Crippen LogP contribution in [0.4, 0.5) is 17.1 Å². The van der Waals surface area contributed by atoms with Gasteiger partial charge in [-0.1, -0.05) is 30.3 Å². The van der Waals surface area contributed by atoms with E-state index in [0.717, 1.165) is 32.3 Å². The number of esters is 2. The van der Waals surface area contributed by atoms with Crippen molar-refractivity contribution in [1.82, 2.24) is 0 Å². The fourth-order valence-corrected chi connectivity index (χ4v) is 4.10. The first kappa shape index (κ1) is 29.4. The maximum absolute atomic E-state index is 12.8. The fourth-order valence-electron chi connectivity index (χ4n) is 3.81. The predicted octanol–water partition coefficient (Wildman–Crippen LogP) is 7.79. The van der Waals surface area contributed by atoms with E-state index in [1.807, 2.05) is 48.5 Å². The number of rotatable bonds is 8. The molecule has 5 aromatic carbocycles. The highest BCUT2D eigenvalue weighted by atomic mass is 32.1. The minimum Gasteiger partial charge on any atom is -0.421 e. The van der Waals surface area contributed by atoms with Gasteiger partial charge in [-0.05, 0) is 96.1 Å². The largest absolute Gasteiger partial charge is 0.421 e. The van der Waals surface area contributed by atoms with Gasteiger partial charge in [0.2, 0.25) is 0 Å². The van der Waals surface area contributed by atoms with E-state index in [2.05, 4.69) is 35.2 Å². The molecule has 0 aromatic heterocycles. The summed E-state index contributed by atoms with van der Waals surface area (Å²) in [6.07, 6.45) is 3.39. The van der Waals surface area contributed by atoms with Crippen LogP contribution in [0.2, 0.25) is 0 Å². The van der Waals surface area contributed by atoms with E-state index in [-0.39, 0.29) is 17.2 Å². The highest BCUT2D eigenvalue weighted by Crippen LogP contribution is 2.32. The van der Waals surface area contributed by atoms with E-state index >= 15 is 0 Å². The van der Waals surface area contributed by atoms with Gasteiger partial charge in [-0.3, -0.25) is 9.98 Å². The van der Waals surface area contributed by atoms with Gasteiger partial charge >= 0.3 is 11.9 Å². The Morgan fingerprint density at radius 1 is 0.558 bits per heavy atom. The molecule has 212 valence electrons. The average molecular weight is 604 g/mol. The van der Waals surface area contributed by atoms with Crippen LogP contribution in [0.1, 0.15) is 31.8 Å². The summed E-state index contributed by atoms with van der Waals surface area (Å²) in [5.74, 6) is -1.07. The summed E-state index contributed by atoms with van der Waals surface area (Å²) < 4.78 is 11.0. The summed E-state index contributed by atoms with van der Waals surface area (Å²) in [7, 11) is 0. The number of carbonyl (C=O) groups is 2. The number of aliphatic imine (C=N–C) groups is 2. The molecule has 0 saturated carbocycles. The zero-order valence-corrected chi connectivity index (χ0v) is 24.4. The molecule has 0 aliphatic carbocycles. The molecule has 0 heterocycles. The first-order valence-electron chi connectivity index (χ1n) is 13.0. The number of thiol groups is 2. The number of anilines is 1. The minimum atomic E-state index is -0.609. The molecule has 0 saturated heterocycles. The topological polar surface area (TPSA) is 103 Å².